The molecule has 1 amide bonds. The number of hydrogen-bond acceptors (Lipinski definition) is 2. The van der Waals surface area contributed by atoms with E-state index in [-0.39, 0.29) is 11.9 Å². The van der Waals surface area contributed by atoms with Gasteiger partial charge in [-0.05, 0) is 56.1 Å². The van der Waals surface area contributed by atoms with Crippen LogP contribution in [0.25, 0.3) is 0 Å². The highest BCUT2D eigenvalue weighted by Crippen LogP contribution is 2.15. The number of likely N-dealkylation sites (tertiary alicyclic amines) is 1. The van der Waals surface area contributed by atoms with Gasteiger partial charge in [0.15, 0.2) is 0 Å². The second-order valence-electron chi connectivity index (χ2n) is 6.99. The molecule has 0 radical (unpaired) electrons. The van der Waals surface area contributed by atoms with Crippen molar-refractivity contribution in [1.29, 1.82) is 0 Å². The number of amides is 1. The SMILES string of the molecule is C[C@@H](NC(=O)c1ccc(CN2CCCCCC2)cc1)c1ccccc1. The Kier molecular flexibility index (Phi) is 6.24. The number of carbonyl (C=O) groups excluding carboxylic acids is 1. The lowest BCUT2D eigenvalue weighted by molar-refractivity contribution is 0.0940. The Morgan fingerprint density at radius 3 is 2.24 bits per heavy atom. The van der Waals surface area contributed by atoms with Crippen molar-refractivity contribution in [2.45, 2.75) is 45.2 Å². The Morgan fingerprint density at radius 2 is 1.60 bits per heavy atom. The molecule has 1 fully saturated rings. The van der Waals surface area contributed by atoms with E-state index in [2.05, 4.69) is 22.3 Å². The molecule has 3 rings (SSSR count). The zero-order valence-electron chi connectivity index (χ0n) is 15.1. The van der Waals surface area contributed by atoms with Gasteiger partial charge in [-0.1, -0.05) is 55.3 Å². The molecule has 0 spiro atoms. The fourth-order valence-electron chi connectivity index (χ4n) is 3.42. The van der Waals surface area contributed by atoms with Gasteiger partial charge in [0.05, 0.1) is 6.04 Å². The van der Waals surface area contributed by atoms with Crippen molar-refractivity contribution in [2.24, 2.45) is 0 Å². The Labute approximate surface area is 151 Å². The molecule has 25 heavy (non-hydrogen) atoms. The first-order valence-corrected chi connectivity index (χ1v) is 9.39. The predicted octanol–water partition coefficient (Wildman–Crippen LogP) is 4.55. The minimum absolute atomic E-state index is 0.00507. The molecule has 1 aliphatic rings. The van der Waals surface area contributed by atoms with Crippen LogP contribution in [0, 0.1) is 0 Å². The lowest BCUT2D eigenvalue weighted by Crippen LogP contribution is -2.27. The van der Waals surface area contributed by atoms with E-state index >= 15 is 0 Å². The highest BCUT2D eigenvalue weighted by Gasteiger charge is 2.12. The maximum atomic E-state index is 12.5. The fraction of sp³-hybridized carbons (Fsp3) is 0.409. The highest BCUT2D eigenvalue weighted by atomic mass is 16.1. The molecule has 0 aliphatic carbocycles. The van der Waals surface area contributed by atoms with Crippen LogP contribution in [0.2, 0.25) is 0 Å². The zero-order valence-corrected chi connectivity index (χ0v) is 15.1. The van der Waals surface area contributed by atoms with Gasteiger partial charge in [0.1, 0.15) is 0 Å². The molecule has 0 saturated carbocycles. The van der Waals surface area contributed by atoms with E-state index in [9.17, 15) is 4.79 Å². The molecular formula is C22H28N2O. The molecular weight excluding hydrogens is 308 g/mol. The third kappa shape index (κ3) is 5.17. The average molecular weight is 336 g/mol. The first-order valence-electron chi connectivity index (χ1n) is 9.39. The van der Waals surface area contributed by atoms with E-state index in [0.29, 0.717) is 0 Å². The second-order valence-corrected chi connectivity index (χ2v) is 6.99. The number of nitrogens with zero attached hydrogens (tertiary/aromatic N) is 1. The maximum Gasteiger partial charge on any atom is 0.251 e. The summed E-state index contributed by atoms with van der Waals surface area (Å²) < 4.78 is 0. The average Bonchev–Trinajstić information content (AvgIpc) is 2.91. The van der Waals surface area contributed by atoms with Gasteiger partial charge >= 0.3 is 0 Å². The quantitative estimate of drug-likeness (QED) is 0.868. The topological polar surface area (TPSA) is 32.3 Å². The summed E-state index contributed by atoms with van der Waals surface area (Å²) in [5.74, 6) is -0.0160. The summed E-state index contributed by atoms with van der Waals surface area (Å²) in [6, 6.07) is 18.1. The van der Waals surface area contributed by atoms with Crippen LogP contribution in [0.5, 0.6) is 0 Å². The Hall–Kier alpha value is -2.13. The smallest absolute Gasteiger partial charge is 0.251 e. The molecule has 2 aromatic carbocycles. The zero-order chi connectivity index (χ0) is 17.5. The van der Waals surface area contributed by atoms with Gasteiger partial charge in [-0.3, -0.25) is 9.69 Å². The summed E-state index contributed by atoms with van der Waals surface area (Å²) in [4.78, 5) is 15.0. The van der Waals surface area contributed by atoms with Crippen molar-refractivity contribution in [1.82, 2.24) is 10.2 Å². The standard InChI is InChI=1S/C22H28N2O/c1-18(20-9-5-4-6-10-20)23-22(25)21-13-11-19(12-14-21)17-24-15-7-2-3-8-16-24/h4-6,9-14,18H,2-3,7-8,15-17H2,1H3,(H,23,25)/t18-/m1/s1. The molecule has 0 bridgehead atoms. The Bertz CT molecular complexity index is 658. The maximum absolute atomic E-state index is 12.5. The highest BCUT2D eigenvalue weighted by molar-refractivity contribution is 5.94. The van der Waals surface area contributed by atoms with Crippen molar-refractivity contribution >= 4 is 5.91 Å². The first kappa shape index (κ1) is 17.7. The third-order valence-corrected chi connectivity index (χ3v) is 4.97. The number of nitrogens with one attached hydrogen (secondary N) is 1. The van der Waals surface area contributed by atoms with Crippen LogP contribution in [-0.2, 0) is 6.54 Å². The number of hydrogen-bond donors (Lipinski definition) is 1. The van der Waals surface area contributed by atoms with Gasteiger partial charge in [-0.15, -0.1) is 0 Å². The summed E-state index contributed by atoms with van der Waals surface area (Å²) in [5, 5.41) is 3.07. The molecule has 1 saturated heterocycles. The lowest BCUT2D eigenvalue weighted by atomic mass is 10.1. The van der Waals surface area contributed by atoms with E-state index in [1.807, 2.05) is 49.4 Å². The van der Waals surface area contributed by atoms with E-state index < -0.39 is 0 Å². The van der Waals surface area contributed by atoms with Crippen LogP contribution in [0.3, 0.4) is 0 Å². The van der Waals surface area contributed by atoms with Crippen LogP contribution in [0.15, 0.2) is 54.6 Å². The molecule has 0 unspecified atom stereocenters. The largest absolute Gasteiger partial charge is 0.346 e. The summed E-state index contributed by atoms with van der Waals surface area (Å²) in [6.07, 6.45) is 5.32. The van der Waals surface area contributed by atoms with Crippen LogP contribution in [0.4, 0.5) is 0 Å². The predicted molar refractivity (Wildman–Crippen MR) is 103 cm³/mol. The molecule has 1 aliphatic heterocycles. The van der Waals surface area contributed by atoms with Gasteiger partial charge < -0.3 is 5.32 Å². The summed E-state index contributed by atoms with van der Waals surface area (Å²) in [5.41, 5.74) is 3.13. The molecule has 1 heterocycles. The van der Waals surface area contributed by atoms with Crippen LogP contribution in [0.1, 0.15) is 60.1 Å². The summed E-state index contributed by atoms with van der Waals surface area (Å²) in [6.45, 7) is 5.39. The fourth-order valence-corrected chi connectivity index (χ4v) is 3.42. The third-order valence-electron chi connectivity index (χ3n) is 4.97. The monoisotopic (exact) mass is 336 g/mol. The van der Waals surface area contributed by atoms with Crippen molar-refractivity contribution in [2.75, 3.05) is 13.1 Å². The molecule has 3 heteroatoms. The van der Waals surface area contributed by atoms with Crippen molar-refractivity contribution in [3.05, 3.63) is 71.3 Å². The van der Waals surface area contributed by atoms with Crippen molar-refractivity contribution < 1.29 is 4.79 Å². The van der Waals surface area contributed by atoms with Gasteiger partial charge in [0.25, 0.3) is 5.91 Å². The van der Waals surface area contributed by atoms with Crippen LogP contribution in [-0.4, -0.2) is 23.9 Å². The van der Waals surface area contributed by atoms with E-state index in [1.54, 1.807) is 0 Å². The molecule has 2 aromatic rings. The molecule has 132 valence electrons. The van der Waals surface area contributed by atoms with Crippen LogP contribution >= 0.6 is 0 Å². The molecule has 3 nitrogen and oxygen atoms in total. The normalized spacial score (nSPS) is 16.8. The number of benzene rings is 2. The lowest BCUT2D eigenvalue weighted by Gasteiger charge is -2.20. The van der Waals surface area contributed by atoms with Crippen molar-refractivity contribution in [3.8, 4) is 0 Å². The first-order chi connectivity index (χ1) is 12.2. The molecule has 0 aromatic heterocycles. The Balaban J connectivity index is 1.56. The van der Waals surface area contributed by atoms with E-state index in [0.717, 1.165) is 17.7 Å². The van der Waals surface area contributed by atoms with Gasteiger partial charge in [0.2, 0.25) is 0 Å². The minimum atomic E-state index is -0.0160. The van der Waals surface area contributed by atoms with E-state index in [1.165, 1.54) is 44.3 Å². The van der Waals surface area contributed by atoms with Gasteiger partial charge in [-0.25, -0.2) is 0 Å². The van der Waals surface area contributed by atoms with Gasteiger partial charge in [-0.2, -0.15) is 0 Å². The Morgan fingerprint density at radius 1 is 0.960 bits per heavy atom. The van der Waals surface area contributed by atoms with Crippen LogP contribution < -0.4 is 5.32 Å². The number of rotatable bonds is 5. The summed E-state index contributed by atoms with van der Waals surface area (Å²) in [7, 11) is 0. The summed E-state index contributed by atoms with van der Waals surface area (Å²) >= 11 is 0. The van der Waals surface area contributed by atoms with Gasteiger partial charge in [0, 0.05) is 12.1 Å². The molecule has 1 N–H and O–H groups in total. The second kappa shape index (κ2) is 8.82. The van der Waals surface area contributed by atoms with E-state index in [4.69, 9.17) is 0 Å². The number of carbonyl (C=O) groups is 1. The minimum Gasteiger partial charge on any atom is -0.346 e. The van der Waals surface area contributed by atoms with Crippen molar-refractivity contribution in [3.63, 3.8) is 0 Å². The molecule has 1 atom stereocenters.